The van der Waals surface area contributed by atoms with Crippen LogP contribution < -0.4 is 5.32 Å². The molecule has 4 heteroatoms. The van der Waals surface area contributed by atoms with E-state index in [1.807, 2.05) is 0 Å². The lowest BCUT2D eigenvalue weighted by atomic mass is 10.0. The lowest BCUT2D eigenvalue weighted by molar-refractivity contribution is -0.139. The number of rotatable bonds is 7. The maximum atomic E-state index is 11.0. The fraction of sp³-hybridized carbons (Fsp3) is 0.917. The van der Waals surface area contributed by atoms with Gasteiger partial charge in [-0.3, -0.25) is 4.79 Å². The number of hydrogen-bond donors (Lipinski definition) is 2. The molecule has 4 nitrogen and oxygen atoms in total. The summed E-state index contributed by atoms with van der Waals surface area (Å²) in [4.78, 5) is 11.0. The second-order valence-electron chi connectivity index (χ2n) is 4.57. The Morgan fingerprint density at radius 1 is 1.62 bits per heavy atom. The van der Waals surface area contributed by atoms with Crippen molar-refractivity contribution >= 4 is 5.97 Å². The fourth-order valence-corrected chi connectivity index (χ4v) is 2.06. The second-order valence-corrected chi connectivity index (χ2v) is 4.57. The Kier molecular flexibility index (Phi) is 5.77. The summed E-state index contributed by atoms with van der Waals surface area (Å²) in [6, 6.07) is -0.396. The highest BCUT2D eigenvalue weighted by molar-refractivity contribution is 5.73. The highest BCUT2D eigenvalue weighted by Gasteiger charge is 2.26. The third-order valence-corrected chi connectivity index (χ3v) is 3.30. The molecule has 1 rings (SSSR count). The molecule has 0 aromatic carbocycles. The van der Waals surface area contributed by atoms with Crippen LogP contribution in [0, 0.1) is 5.92 Å². The van der Waals surface area contributed by atoms with Gasteiger partial charge in [0.25, 0.3) is 0 Å². The molecule has 1 aliphatic rings. The lowest BCUT2D eigenvalue weighted by Crippen LogP contribution is -2.40. The van der Waals surface area contributed by atoms with Gasteiger partial charge in [-0.1, -0.05) is 19.8 Å². The molecule has 0 spiro atoms. The zero-order valence-corrected chi connectivity index (χ0v) is 10.2. The summed E-state index contributed by atoms with van der Waals surface area (Å²) in [7, 11) is 0. The molecule has 0 amide bonds. The van der Waals surface area contributed by atoms with Crippen LogP contribution in [0.5, 0.6) is 0 Å². The van der Waals surface area contributed by atoms with Gasteiger partial charge in [-0.25, -0.2) is 0 Å². The van der Waals surface area contributed by atoms with Crippen molar-refractivity contribution in [2.24, 2.45) is 5.92 Å². The van der Waals surface area contributed by atoms with Crippen LogP contribution in [0.2, 0.25) is 0 Å². The Hall–Kier alpha value is -0.610. The molecule has 0 aliphatic carbocycles. The zero-order valence-electron chi connectivity index (χ0n) is 10.2. The minimum atomic E-state index is -0.736. The minimum Gasteiger partial charge on any atom is -0.480 e. The van der Waals surface area contributed by atoms with Crippen LogP contribution in [0.15, 0.2) is 0 Å². The Morgan fingerprint density at radius 2 is 2.38 bits per heavy atom. The van der Waals surface area contributed by atoms with Gasteiger partial charge in [-0.2, -0.15) is 0 Å². The molecule has 16 heavy (non-hydrogen) atoms. The van der Waals surface area contributed by atoms with Crippen LogP contribution in [0.1, 0.15) is 39.5 Å². The number of carboxylic acids is 1. The smallest absolute Gasteiger partial charge is 0.320 e. The standard InChI is InChI=1S/C12H23NO3/c1-3-4-5-11(12(14)15)13-8-10-6-7-16-9(10)2/h9-11,13H,3-8H2,1-2H3,(H,14,15). The van der Waals surface area contributed by atoms with Crippen molar-refractivity contribution in [1.82, 2.24) is 5.32 Å². The van der Waals surface area contributed by atoms with Gasteiger partial charge in [0.2, 0.25) is 0 Å². The average Bonchev–Trinajstić information content (AvgIpc) is 2.64. The summed E-state index contributed by atoms with van der Waals surface area (Å²) in [5.41, 5.74) is 0. The molecule has 0 radical (unpaired) electrons. The monoisotopic (exact) mass is 229 g/mol. The fourth-order valence-electron chi connectivity index (χ4n) is 2.06. The Bertz CT molecular complexity index is 220. The van der Waals surface area contributed by atoms with E-state index in [1.165, 1.54) is 0 Å². The van der Waals surface area contributed by atoms with Crippen LogP contribution in [-0.4, -0.2) is 36.4 Å². The van der Waals surface area contributed by atoms with Crippen molar-refractivity contribution in [1.29, 1.82) is 0 Å². The number of aliphatic carboxylic acids is 1. The molecule has 1 fully saturated rings. The van der Waals surface area contributed by atoms with E-state index in [0.717, 1.165) is 32.4 Å². The van der Waals surface area contributed by atoms with E-state index in [-0.39, 0.29) is 6.10 Å². The van der Waals surface area contributed by atoms with Crippen molar-refractivity contribution in [3.05, 3.63) is 0 Å². The van der Waals surface area contributed by atoms with E-state index in [2.05, 4.69) is 19.2 Å². The van der Waals surface area contributed by atoms with Crippen LogP contribution in [0.3, 0.4) is 0 Å². The van der Waals surface area contributed by atoms with Gasteiger partial charge < -0.3 is 15.2 Å². The molecule has 1 saturated heterocycles. The largest absolute Gasteiger partial charge is 0.480 e. The summed E-state index contributed by atoms with van der Waals surface area (Å²) in [5, 5.41) is 12.2. The highest BCUT2D eigenvalue weighted by Crippen LogP contribution is 2.19. The second kappa shape index (κ2) is 6.86. The van der Waals surface area contributed by atoms with Gasteiger partial charge in [0.15, 0.2) is 0 Å². The van der Waals surface area contributed by atoms with Crippen molar-refractivity contribution in [3.8, 4) is 0 Å². The van der Waals surface area contributed by atoms with Crippen molar-refractivity contribution in [2.75, 3.05) is 13.2 Å². The van der Waals surface area contributed by atoms with Crippen LogP contribution in [0.4, 0.5) is 0 Å². The summed E-state index contributed by atoms with van der Waals surface area (Å²) in [5.74, 6) is -0.275. The first-order valence-corrected chi connectivity index (χ1v) is 6.23. The van der Waals surface area contributed by atoms with E-state index in [0.29, 0.717) is 12.3 Å². The summed E-state index contributed by atoms with van der Waals surface area (Å²) < 4.78 is 5.45. The highest BCUT2D eigenvalue weighted by atomic mass is 16.5. The molecule has 3 atom stereocenters. The summed E-state index contributed by atoms with van der Waals surface area (Å²) in [6.07, 6.45) is 4.00. The van der Waals surface area contributed by atoms with Crippen molar-refractivity contribution in [2.45, 2.75) is 51.7 Å². The van der Waals surface area contributed by atoms with Gasteiger partial charge in [-0.15, -0.1) is 0 Å². The number of nitrogens with one attached hydrogen (secondary N) is 1. The molecule has 0 aromatic heterocycles. The maximum Gasteiger partial charge on any atom is 0.320 e. The topological polar surface area (TPSA) is 58.6 Å². The molecule has 94 valence electrons. The van der Waals surface area contributed by atoms with Gasteiger partial charge in [0.05, 0.1) is 6.10 Å². The zero-order chi connectivity index (χ0) is 12.0. The van der Waals surface area contributed by atoms with Crippen molar-refractivity contribution in [3.63, 3.8) is 0 Å². The number of hydrogen-bond acceptors (Lipinski definition) is 3. The van der Waals surface area contributed by atoms with Crippen LogP contribution in [-0.2, 0) is 9.53 Å². The lowest BCUT2D eigenvalue weighted by Gasteiger charge is -2.19. The van der Waals surface area contributed by atoms with Gasteiger partial charge in [0, 0.05) is 13.2 Å². The van der Waals surface area contributed by atoms with E-state index >= 15 is 0 Å². The van der Waals surface area contributed by atoms with Gasteiger partial charge in [-0.05, 0) is 25.7 Å². The Balaban J connectivity index is 2.28. The van der Waals surface area contributed by atoms with Gasteiger partial charge in [0.1, 0.15) is 6.04 Å². The Morgan fingerprint density at radius 3 is 2.88 bits per heavy atom. The quantitative estimate of drug-likeness (QED) is 0.697. The Labute approximate surface area is 97.4 Å². The molecule has 0 saturated carbocycles. The number of ether oxygens (including phenoxy) is 1. The predicted molar refractivity (Wildman–Crippen MR) is 62.5 cm³/mol. The van der Waals surface area contributed by atoms with E-state index < -0.39 is 12.0 Å². The first-order chi connectivity index (χ1) is 7.65. The van der Waals surface area contributed by atoms with Gasteiger partial charge >= 0.3 is 5.97 Å². The first-order valence-electron chi connectivity index (χ1n) is 6.23. The number of carbonyl (C=O) groups is 1. The summed E-state index contributed by atoms with van der Waals surface area (Å²) in [6.45, 7) is 5.69. The number of carboxylic acid groups (broad SMARTS) is 1. The predicted octanol–water partition coefficient (Wildman–Crippen LogP) is 1.64. The maximum absolute atomic E-state index is 11.0. The van der Waals surface area contributed by atoms with E-state index in [1.54, 1.807) is 0 Å². The van der Waals surface area contributed by atoms with Crippen LogP contribution in [0.25, 0.3) is 0 Å². The normalized spacial score (nSPS) is 26.9. The third kappa shape index (κ3) is 4.10. The molecule has 1 heterocycles. The molecule has 1 aliphatic heterocycles. The molecule has 0 bridgehead atoms. The SMILES string of the molecule is CCCCC(NCC1CCOC1C)C(=O)O. The summed E-state index contributed by atoms with van der Waals surface area (Å²) >= 11 is 0. The molecule has 0 aromatic rings. The van der Waals surface area contributed by atoms with E-state index in [4.69, 9.17) is 9.84 Å². The first kappa shape index (κ1) is 13.5. The molecule has 3 unspecified atom stereocenters. The van der Waals surface area contributed by atoms with Crippen molar-refractivity contribution < 1.29 is 14.6 Å². The van der Waals surface area contributed by atoms with Crippen LogP contribution >= 0.6 is 0 Å². The minimum absolute atomic E-state index is 0.258. The third-order valence-electron chi connectivity index (χ3n) is 3.30. The van der Waals surface area contributed by atoms with E-state index in [9.17, 15) is 4.79 Å². The number of unbranched alkanes of at least 4 members (excludes halogenated alkanes) is 1. The molecule has 2 N–H and O–H groups in total. The average molecular weight is 229 g/mol. The molecular weight excluding hydrogens is 206 g/mol. The molecular formula is C12H23NO3.